The van der Waals surface area contributed by atoms with E-state index in [4.69, 9.17) is 9.47 Å². The van der Waals surface area contributed by atoms with Crippen LogP contribution in [0.25, 0.3) is 0 Å². The summed E-state index contributed by atoms with van der Waals surface area (Å²) in [6.07, 6.45) is -0.212. The molecule has 2 heterocycles. The Bertz CT molecular complexity index is 743. The minimum atomic E-state index is -3.49. The zero-order chi connectivity index (χ0) is 19.6. The van der Waals surface area contributed by atoms with Crippen LogP contribution < -0.4 is 4.74 Å². The van der Waals surface area contributed by atoms with Gasteiger partial charge in [-0.1, -0.05) is 0 Å². The summed E-state index contributed by atoms with van der Waals surface area (Å²) >= 11 is 0. The van der Waals surface area contributed by atoms with Crippen molar-refractivity contribution in [2.24, 2.45) is 0 Å². The van der Waals surface area contributed by atoms with Gasteiger partial charge in [0.2, 0.25) is 0 Å². The molecule has 0 aliphatic carbocycles. The highest BCUT2D eigenvalue weighted by Gasteiger charge is 2.36. The SMILES string of the molecule is COc1ccc(F)cc1CN1CCN(S(=O)(=O)N2CC(C)OC(C)C2)CC1. The Labute approximate surface area is 160 Å². The smallest absolute Gasteiger partial charge is 0.282 e. The maximum absolute atomic E-state index is 13.5. The number of hydrogen-bond acceptors (Lipinski definition) is 5. The number of piperazine rings is 1. The largest absolute Gasteiger partial charge is 0.496 e. The van der Waals surface area contributed by atoms with Crippen molar-refractivity contribution in [3.63, 3.8) is 0 Å². The van der Waals surface area contributed by atoms with E-state index in [9.17, 15) is 12.8 Å². The summed E-state index contributed by atoms with van der Waals surface area (Å²) in [5.74, 6) is 0.338. The third-order valence-electron chi connectivity index (χ3n) is 5.01. The van der Waals surface area contributed by atoms with Gasteiger partial charge >= 0.3 is 0 Å². The molecule has 0 N–H and O–H groups in total. The molecule has 9 heteroatoms. The Morgan fingerprint density at radius 3 is 2.33 bits per heavy atom. The molecule has 2 atom stereocenters. The van der Waals surface area contributed by atoms with Gasteiger partial charge in [-0.25, -0.2) is 4.39 Å². The van der Waals surface area contributed by atoms with Gasteiger partial charge in [-0.2, -0.15) is 17.0 Å². The number of nitrogens with zero attached hydrogens (tertiary/aromatic N) is 3. The van der Waals surface area contributed by atoms with Crippen molar-refractivity contribution >= 4 is 10.2 Å². The molecule has 2 fully saturated rings. The lowest BCUT2D eigenvalue weighted by Gasteiger charge is -2.40. The second-order valence-corrected chi connectivity index (χ2v) is 9.14. The van der Waals surface area contributed by atoms with Gasteiger partial charge in [0, 0.05) is 51.4 Å². The van der Waals surface area contributed by atoms with Gasteiger partial charge in [0.1, 0.15) is 11.6 Å². The van der Waals surface area contributed by atoms with Crippen molar-refractivity contribution in [1.29, 1.82) is 0 Å². The van der Waals surface area contributed by atoms with Gasteiger partial charge in [-0.05, 0) is 32.0 Å². The highest BCUT2D eigenvalue weighted by Crippen LogP contribution is 2.23. The van der Waals surface area contributed by atoms with Crippen molar-refractivity contribution in [3.8, 4) is 5.75 Å². The van der Waals surface area contributed by atoms with Crippen molar-refractivity contribution in [2.75, 3.05) is 46.4 Å². The summed E-state index contributed by atoms with van der Waals surface area (Å²) < 4.78 is 53.4. The van der Waals surface area contributed by atoms with E-state index in [0.29, 0.717) is 51.6 Å². The van der Waals surface area contributed by atoms with Crippen LogP contribution >= 0.6 is 0 Å². The summed E-state index contributed by atoms with van der Waals surface area (Å²) in [5.41, 5.74) is 0.768. The molecule has 3 rings (SSSR count). The Kier molecular flexibility index (Phi) is 6.37. The Morgan fingerprint density at radius 1 is 1.11 bits per heavy atom. The van der Waals surface area contributed by atoms with Crippen LogP contribution in [0.3, 0.4) is 0 Å². The van der Waals surface area contributed by atoms with E-state index in [0.717, 1.165) is 5.56 Å². The fraction of sp³-hybridized carbons (Fsp3) is 0.667. The van der Waals surface area contributed by atoms with Crippen LogP contribution in [0.4, 0.5) is 4.39 Å². The van der Waals surface area contributed by atoms with Gasteiger partial charge in [0.15, 0.2) is 0 Å². The molecular weight excluding hydrogens is 373 g/mol. The Morgan fingerprint density at radius 2 is 1.74 bits per heavy atom. The van der Waals surface area contributed by atoms with Crippen LogP contribution in [0.5, 0.6) is 5.75 Å². The second-order valence-electron chi connectivity index (χ2n) is 7.21. The molecule has 2 saturated heterocycles. The molecule has 1 aromatic rings. The molecule has 1 aromatic carbocycles. The summed E-state index contributed by atoms with van der Waals surface area (Å²) in [4.78, 5) is 2.12. The van der Waals surface area contributed by atoms with Crippen molar-refractivity contribution in [1.82, 2.24) is 13.5 Å². The lowest BCUT2D eigenvalue weighted by Crippen LogP contribution is -2.57. The lowest BCUT2D eigenvalue weighted by atomic mass is 10.1. The van der Waals surface area contributed by atoms with Crippen LogP contribution in [0.1, 0.15) is 19.4 Å². The van der Waals surface area contributed by atoms with E-state index in [1.54, 1.807) is 13.2 Å². The van der Waals surface area contributed by atoms with E-state index in [1.165, 1.54) is 20.7 Å². The Balaban J connectivity index is 1.61. The van der Waals surface area contributed by atoms with Crippen LogP contribution in [0.15, 0.2) is 18.2 Å². The fourth-order valence-corrected chi connectivity index (χ4v) is 5.46. The number of methoxy groups -OCH3 is 1. The van der Waals surface area contributed by atoms with E-state index < -0.39 is 10.2 Å². The van der Waals surface area contributed by atoms with E-state index in [2.05, 4.69) is 4.90 Å². The molecule has 2 aliphatic heterocycles. The van der Waals surface area contributed by atoms with Gasteiger partial charge in [-0.15, -0.1) is 0 Å². The third kappa shape index (κ3) is 4.78. The first-order chi connectivity index (χ1) is 12.8. The van der Waals surface area contributed by atoms with Crippen LogP contribution in [0.2, 0.25) is 0 Å². The number of benzene rings is 1. The maximum atomic E-state index is 13.5. The molecule has 0 amide bonds. The predicted octanol–water partition coefficient (Wildman–Crippen LogP) is 1.31. The molecule has 0 radical (unpaired) electrons. The quantitative estimate of drug-likeness (QED) is 0.744. The molecular formula is C18H28FN3O4S. The molecule has 2 unspecified atom stereocenters. The normalized spacial score (nSPS) is 26.2. The fourth-order valence-electron chi connectivity index (χ4n) is 3.71. The van der Waals surface area contributed by atoms with Gasteiger partial charge < -0.3 is 9.47 Å². The zero-order valence-electron chi connectivity index (χ0n) is 16.1. The van der Waals surface area contributed by atoms with Crippen molar-refractivity contribution in [3.05, 3.63) is 29.6 Å². The van der Waals surface area contributed by atoms with Gasteiger partial charge in [0.25, 0.3) is 10.2 Å². The van der Waals surface area contributed by atoms with Crippen LogP contribution in [-0.4, -0.2) is 80.5 Å². The average Bonchev–Trinajstić information content (AvgIpc) is 2.61. The summed E-state index contributed by atoms with van der Waals surface area (Å²) in [7, 11) is -1.93. The predicted molar refractivity (Wildman–Crippen MR) is 100 cm³/mol. The number of ether oxygens (including phenoxy) is 2. The summed E-state index contributed by atoms with van der Waals surface area (Å²) in [5, 5.41) is 0. The van der Waals surface area contributed by atoms with Crippen molar-refractivity contribution in [2.45, 2.75) is 32.6 Å². The standard InChI is InChI=1S/C18H28FN3O4S/c1-14-11-22(12-15(2)26-14)27(23,24)21-8-6-20(7-9-21)13-16-10-17(19)4-5-18(16)25-3/h4-5,10,14-15H,6-9,11-13H2,1-3H3. The summed E-state index contributed by atoms with van der Waals surface area (Å²) in [6, 6.07) is 4.46. The molecule has 27 heavy (non-hydrogen) atoms. The molecule has 152 valence electrons. The highest BCUT2D eigenvalue weighted by molar-refractivity contribution is 7.86. The van der Waals surface area contributed by atoms with E-state index in [1.807, 2.05) is 13.8 Å². The highest BCUT2D eigenvalue weighted by atomic mass is 32.2. The maximum Gasteiger partial charge on any atom is 0.282 e. The molecule has 2 aliphatic rings. The minimum Gasteiger partial charge on any atom is -0.496 e. The van der Waals surface area contributed by atoms with Gasteiger partial charge in [-0.3, -0.25) is 4.90 Å². The van der Waals surface area contributed by atoms with Crippen LogP contribution in [-0.2, 0) is 21.5 Å². The molecule has 0 spiro atoms. The monoisotopic (exact) mass is 401 g/mol. The number of hydrogen-bond donors (Lipinski definition) is 0. The zero-order valence-corrected chi connectivity index (χ0v) is 16.9. The number of rotatable bonds is 5. The first-order valence-electron chi connectivity index (χ1n) is 9.25. The lowest BCUT2D eigenvalue weighted by molar-refractivity contribution is -0.0457. The van der Waals surface area contributed by atoms with Crippen molar-refractivity contribution < 1.29 is 22.3 Å². The molecule has 0 saturated carbocycles. The number of morpholine rings is 1. The summed E-state index contributed by atoms with van der Waals surface area (Å²) in [6.45, 7) is 7.09. The molecule has 7 nitrogen and oxygen atoms in total. The van der Waals surface area contributed by atoms with Crippen LogP contribution in [0, 0.1) is 5.82 Å². The van der Waals surface area contributed by atoms with E-state index >= 15 is 0 Å². The second kappa shape index (κ2) is 8.40. The Hall–Kier alpha value is -1.26. The average molecular weight is 402 g/mol. The van der Waals surface area contributed by atoms with Gasteiger partial charge in [0.05, 0.1) is 19.3 Å². The van der Waals surface area contributed by atoms with E-state index in [-0.39, 0.29) is 18.0 Å². The minimum absolute atomic E-state index is 0.106. The molecule has 0 bridgehead atoms. The first kappa shape index (κ1) is 20.5. The topological polar surface area (TPSA) is 62.3 Å². The first-order valence-corrected chi connectivity index (χ1v) is 10.6. The molecule has 0 aromatic heterocycles. The number of halogens is 1. The third-order valence-corrected chi connectivity index (χ3v) is 6.97.